The van der Waals surface area contributed by atoms with Crippen LogP contribution in [0.1, 0.15) is 11.1 Å². The number of carbonyl (C=O) groups is 1. The van der Waals surface area contributed by atoms with Crippen molar-refractivity contribution in [1.82, 2.24) is 10.6 Å². The number of benzene rings is 2. The Kier molecular flexibility index (Phi) is 4.79. The number of hydrogen-bond donors (Lipinski definition) is 2. The van der Waals surface area contributed by atoms with Crippen LogP contribution in [0.3, 0.4) is 0 Å². The van der Waals surface area contributed by atoms with E-state index in [1.807, 2.05) is 18.2 Å². The van der Waals surface area contributed by atoms with Crippen LogP contribution >= 0.6 is 23.2 Å². The van der Waals surface area contributed by atoms with E-state index in [2.05, 4.69) is 10.6 Å². The molecule has 0 radical (unpaired) electrons. The highest BCUT2D eigenvalue weighted by atomic mass is 35.5. The molecule has 0 saturated carbocycles. The van der Waals surface area contributed by atoms with E-state index in [0.717, 1.165) is 16.9 Å². The first kappa shape index (κ1) is 15.8. The standard InChI is InChI=1S/C16H14Cl2N2O3/c17-12-3-2-11(13(18)6-12)8-20-16(21)19-7-10-1-4-14-15(5-10)23-9-22-14/h1-6H,7-9H2,(H2,19,20,21). The van der Waals surface area contributed by atoms with Crippen molar-refractivity contribution in [2.75, 3.05) is 6.79 Å². The third-order valence-corrected chi connectivity index (χ3v) is 3.93. The maximum absolute atomic E-state index is 11.9. The topological polar surface area (TPSA) is 59.6 Å². The molecule has 0 fully saturated rings. The molecule has 2 amide bonds. The van der Waals surface area contributed by atoms with E-state index in [9.17, 15) is 4.79 Å². The Bertz CT molecular complexity index is 737. The van der Waals surface area contributed by atoms with Crippen molar-refractivity contribution in [2.45, 2.75) is 13.1 Å². The summed E-state index contributed by atoms with van der Waals surface area (Å²) in [6.45, 7) is 0.939. The van der Waals surface area contributed by atoms with Gasteiger partial charge >= 0.3 is 6.03 Å². The number of carbonyl (C=O) groups excluding carboxylic acids is 1. The summed E-state index contributed by atoms with van der Waals surface area (Å²) in [5.74, 6) is 1.41. The van der Waals surface area contributed by atoms with Gasteiger partial charge in [-0.2, -0.15) is 0 Å². The molecule has 0 atom stereocenters. The van der Waals surface area contributed by atoms with Gasteiger partial charge in [0.25, 0.3) is 0 Å². The molecule has 0 saturated heterocycles. The first-order chi connectivity index (χ1) is 11.1. The predicted molar refractivity (Wildman–Crippen MR) is 88.1 cm³/mol. The van der Waals surface area contributed by atoms with Crippen LogP contribution in [0.2, 0.25) is 10.0 Å². The molecule has 2 aromatic rings. The van der Waals surface area contributed by atoms with Gasteiger partial charge in [-0.25, -0.2) is 4.79 Å². The summed E-state index contributed by atoms with van der Waals surface area (Å²) in [6, 6.07) is 10.4. The van der Waals surface area contributed by atoms with Crippen molar-refractivity contribution >= 4 is 29.2 Å². The van der Waals surface area contributed by atoms with E-state index in [4.69, 9.17) is 32.7 Å². The fourth-order valence-electron chi connectivity index (χ4n) is 2.14. The summed E-state index contributed by atoms with van der Waals surface area (Å²) in [5, 5.41) is 6.61. The maximum Gasteiger partial charge on any atom is 0.315 e. The number of amides is 2. The van der Waals surface area contributed by atoms with Crippen molar-refractivity contribution in [3.8, 4) is 11.5 Å². The quantitative estimate of drug-likeness (QED) is 0.881. The van der Waals surface area contributed by atoms with Crippen molar-refractivity contribution < 1.29 is 14.3 Å². The fraction of sp³-hybridized carbons (Fsp3) is 0.188. The zero-order valence-corrected chi connectivity index (χ0v) is 13.6. The molecule has 2 aromatic carbocycles. The second-order valence-corrected chi connectivity index (χ2v) is 5.80. The van der Waals surface area contributed by atoms with Crippen LogP contribution in [0.4, 0.5) is 4.79 Å². The van der Waals surface area contributed by atoms with E-state index in [1.54, 1.807) is 18.2 Å². The van der Waals surface area contributed by atoms with Gasteiger partial charge in [-0.15, -0.1) is 0 Å². The Morgan fingerprint density at radius 1 is 1.00 bits per heavy atom. The zero-order valence-electron chi connectivity index (χ0n) is 12.1. The van der Waals surface area contributed by atoms with Crippen LogP contribution in [0.5, 0.6) is 11.5 Å². The molecule has 1 aliphatic rings. The Morgan fingerprint density at radius 3 is 2.61 bits per heavy atom. The predicted octanol–water partition coefficient (Wildman–Crippen LogP) is 3.72. The van der Waals surface area contributed by atoms with Crippen molar-refractivity contribution in [3.63, 3.8) is 0 Å². The number of halogens is 2. The minimum atomic E-state index is -0.284. The van der Waals surface area contributed by atoms with E-state index in [0.29, 0.717) is 28.9 Å². The molecule has 0 aromatic heterocycles. The monoisotopic (exact) mass is 352 g/mol. The van der Waals surface area contributed by atoms with Gasteiger partial charge in [0.2, 0.25) is 6.79 Å². The van der Waals surface area contributed by atoms with Crippen LogP contribution in [0.25, 0.3) is 0 Å². The highest BCUT2D eigenvalue weighted by molar-refractivity contribution is 6.35. The molecule has 0 unspecified atom stereocenters. The first-order valence-electron chi connectivity index (χ1n) is 6.96. The van der Waals surface area contributed by atoms with Gasteiger partial charge in [-0.3, -0.25) is 0 Å². The zero-order chi connectivity index (χ0) is 16.2. The lowest BCUT2D eigenvalue weighted by Crippen LogP contribution is -2.34. The average molecular weight is 353 g/mol. The van der Waals surface area contributed by atoms with Gasteiger partial charge in [-0.05, 0) is 35.4 Å². The molecule has 5 nitrogen and oxygen atoms in total. The number of hydrogen-bond acceptors (Lipinski definition) is 3. The molecule has 0 spiro atoms. The highest BCUT2D eigenvalue weighted by Gasteiger charge is 2.13. The lowest BCUT2D eigenvalue weighted by atomic mass is 10.2. The lowest BCUT2D eigenvalue weighted by molar-refractivity contribution is 0.174. The molecule has 1 heterocycles. The van der Waals surface area contributed by atoms with E-state index in [-0.39, 0.29) is 12.8 Å². The fourth-order valence-corrected chi connectivity index (χ4v) is 2.61. The smallest absolute Gasteiger partial charge is 0.315 e. The molecule has 120 valence electrons. The largest absolute Gasteiger partial charge is 0.454 e. The summed E-state index contributed by atoms with van der Waals surface area (Å²) in [7, 11) is 0. The van der Waals surface area contributed by atoms with E-state index < -0.39 is 0 Å². The molecule has 23 heavy (non-hydrogen) atoms. The average Bonchev–Trinajstić information content (AvgIpc) is 2.99. The molecular weight excluding hydrogens is 339 g/mol. The number of rotatable bonds is 4. The number of nitrogens with one attached hydrogen (secondary N) is 2. The number of urea groups is 1. The van der Waals surface area contributed by atoms with Gasteiger partial charge in [0.15, 0.2) is 11.5 Å². The molecule has 1 aliphatic heterocycles. The molecular formula is C16H14Cl2N2O3. The first-order valence-corrected chi connectivity index (χ1v) is 7.71. The second kappa shape index (κ2) is 6.98. The minimum Gasteiger partial charge on any atom is -0.454 e. The van der Waals surface area contributed by atoms with Crippen molar-refractivity contribution in [3.05, 3.63) is 57.6 Å². The summed E-state index contributed by atoms with van der Waals surface area (Å²) in [4.78, 5) is 11.9. The number of ether oxygens (including phenoxy) is 2. The Hall–Kier alpha value is -2.11. The van der Waals surface area contributed by atoms with Crippen molar-refractivity contribution in [2.24, 2.45) is 0 Å². The Labute approximate surface area is 143 Å². The normalized spacial score (nSPS) is 12.1. The van der Waals surface area contributed by atoms with Gasteiger partial charge < -0.3 is 20.1 Å². The maximum atomic E-state index is 11.9. The van der Waals surface area contributed by atoms with Crippen LogP contribution in [-0.2, 0) is 13.1 Å². The van der Waals surface area contributed by atoms with Crippen LogP contribution in [-0.4, -0.2) is 12.8 Å². The Morgan fingerprint density at radius 2 is 1.78 bits per heavy atom. The van der Waals surface area contributed by atoms with Gasteiger partial charge in [0.05, 0.1) is 0 Å². The van der Waals surface area contributed by atoms with Gasteiger partial charge in [-0.1, -0.05) is 35.3 Å². The summed E-state index contributed by atoms with van der Waals surface area (Å²) >= 11 is 11.9. The van der Waals surface area contributed by atoms with Crippen LogP contribution < -0.4 is 20.1 Å². The highest BCUT2D eigenvalue weighted by Crippen LogP contribution is 2.32. The van der Waals surface area contributed by atoms with E-state index in [1.165, 1.54) is 0 Å². The van der Waals surface area contributed by atoms with Crippen LogP contribution in [0.15, 0.2) is 36.4 Å². The third kappa shape index (κ3) is 4.00. The molecule has 2 N–H and O–H groups in total. The van der Waals surface area contributed by atoms with Gasteiger partial charge in [0, 0.05) is 23.1 Å². The molecule has 0 aliphatic carbocycles. The third-order valence-electron chi connectivity index (χ3n) is 3.34. The van der Waals surface area contributed by atoms with Gasteiger partial charge in [0.1, 0.15) is 0 Å². The minimum absolute atomic E-state index is 0.231. The SMILES string of the molecule is O=C(NCc1ccc2c(c1)OCO2)NCc1ccc(Cl)cc1Cl. The molecule has 3 rings (SSSR count). The Balaban J connectivity index is 1.50. The summed E-state index contributed by atoms with van der Waals surface area (Å²) in [5.41, 5.74) is 1.73. The molecule has 7 heteroatoms. The second-order valence-electron chi connectivity index (χ2n) is 4.96. The van der Waals surface area contributed by atoms with Crippen molar-refractivity contribution in [1.29, 1.82) is 0 Å². The molecule has 0 bridgehead atoms. The summed E-state index contributed by atoms with van der Waals surface area (Å²) in [6.07, 6.45) is 0. The van der Waals surface area contributed by atoms with Crippen LogP contribution in [0, 0.1) is 0 Å². The summed E-state index contributed by atoms with van der Waals surface area (Å²) < 4.78 is 10.5. The van der Waals surface area contributed by atoms with E-state index >= 15 is 0 Å². The lowest BCUT2D eigenvalue weighted by Gasteiger charge is -2.09. The number of fused-ring (bicyclic) bond motifs is 1.